The Labute approximate surface area is 123 Å². The fourth-order valence-corrected chi connectivity index (χ4v) is 1.71. The summed E-state index contributed by atoms with van der Waals surface area (Å²) in [6, 6.07) is 5.02. The summed E-state index contributed by atoms with van der Waals surface area (Å²) in [5.41, 5.74) is 0.569. The first kappa shape index (κ1) is 15.0. The molecule has 0 N–H and O–H groups in total. The number of carbonyl (C=O) groups excluding carboxylic acids is 1. The molecular formula is C15H18N2O4. The van der Waals surface area contributed by atoms with E-state index < -0.39 is 0 Å². The number of ether oxygens (including phenoxy) is 2. The summed E-state index contributed by atoms with van der Waals surface area (Å²) in [5.74, 6) is 2.23. The van der Waals surface area contributed by atoms with Crippen LogP contribution >= 0.6 is 0 Å². The van der Waals surface area contributed by atoms with Crippen molar-refractivity contribution in [2.24, 2.45) is 0 Å². The van der Waals surface area contributed by atoms with E-state index in [1.54, 1.807) is 18.2 Å². The quantitative estimate of drug-likeness (QED) is 0.761. The van der Waals surface area contributed by atoms with Crippen molar-refractivity contribution in [2.75, 3.05) is 7.11 Å². The summed E-state index contributed by atoms with van der Waals surface area (Å²) in [6.45, 7) is 5.62. The van der Waals surface area contributed by atoms with Gasteiger partial charge in [0.15, 0.2) is 29.7 Å². The number of hydrogen-bond acceptors (Lipinski definition) is 6. The van der Waals surface area contributed by atoms with Crippen molar-refractivity contribution in [2.45, 2.75) is 33.3 Å². The molecule has 0 spiro atoms. The molecule has 0 unspecified atom stereocenters. The van der Waals surface area contributed by atoms with Crippen LogP contribution in [0.5, 0.6) is 11.5 Å². The van der Waals surface area contributed by atoms with Gasteiger partial charge >= 0.3 is 0 Å². The van der Waals surface area contributed by atoms with Gasteiger partial charge in [0, 0.05) is 11.5 Å². The first-order valence-corrected chi connectivity index (χ1v) is 6.65. The normalized spacial score (nSPS) is 10.7. The number of hydrogen-bond donors (Lipinski definition) is 0. The summed E-state index contributed by atoms with van der Waals surface area (Å²) < 4.78 is 15.9. The predicted molar refractivity (Wildman–Crippen MR) is 75.7 cm³/mol. The Morgan fingerprint density at radius 3 is 2.67 bits per heavy atom. The van der Waals surface area contributed by atoms with E-state index in [2.05, 4.69) is 10.1 Å². The van der Waals surface area contributed by atoms with Crippen LogP contribution in [-0.4, -0.2) is 23.0 Å². The number of nitrogens with zero attached hydrogens (tertiary/aromatic N) is 2. The van der Waals surface area contributed by atoms with Gasteiger partial charge in [0.25, 0.3) is 5.89 Å². The van der Waals surface area contributed by atoms with Crippen molar-refractivity contribution in [3.05, 3.63) is 35.5 Å². The second-order valence-electron chi connectivity index (χ2n) is 4.91. The average molecular weight is 290 g/mol. The molecule has 21 heavy (non-hydrogen) atoms. The lowest BCUT2D eigenvalue weighted by atomic mass is 10.1. The van der Waals surface area contributed by atoms with Crippen molar-refractivity contribution in [3.63, 3.8) is 0 Å². The first-order chi connectivity index (χ1) is 10.0. The Balaban J connectivity index is 2.10. The number of rotatable bonds is 6. The van der Waals surface area contributed by atoms with Gasteiger partial charge in [0.05, 0.1) is 7.11 Å². The molecule has 0 atom stereocenters. The lowest BCUT2D eigenvalue weighted by molar-refractivity contribution is 0.101. The Bertz CT molecular complexity index is 634. The molecule has 0 bridgehead atoms. The monoisotopic (exact) mass is 290 g/mol. The topological polar surface area (TPSA) is 74.5 Å². The summed E-state index contributed by atoms with van der Waals surface area (Å²) in [6.07, 6.45) is 0. The van der Waals surface area contributed by atoms with Crippen molar-refractivity contribution >= 4 is 5.78 Å². The molecule has 2 rings (SSSR count). The zero-order valence-electron chi connectivity index (χ0n) is 12.5. The lowest BCUT2D eigenvalue weighted by Gasteiger charge is -2.09. The number of benzene rings is 1. The molecule has 0 aliphatic rings. The van der Waals surface area contributed by atoms with Crippen LogP contribution in [0, 0.1) is 0 Å². The van der Waals surface area contributed by atoms with Gasteiger partial charge < -0.3 is 14.0 Å². The largest absolute Gasteiger partial charge is 0.493 e. The van der Waals surface area contributed by atoms with Crippen LogP contribution in [-0.2, 0) is 6.61 Å². The van der Waals surface area contributed by atoms with Crippen molar-refractivity contribution in [1.29, 1.82) is 0 Å². The molecule has 0 aliphatic heterocycles. The van der Waals surface area contributed by atoms with E-state index in [0.717, 1.165) is 0 Å². The molecule has 2 aromatic rings. The lowest BCUT2D eigenvalue weighted by Crippen LogP contribution is -2.00. The smallest absolute Gasteiger partial charge is 0.264 e. The van der Waals surface area contributed by atoms with E-state index in [1.165, 1.54) is 14.0 Å². The first-order valence-electron chi connectivity index (χ1n) is 6.65. The number of ketones is 1. The predicted octanol–water partition coefficient (Wildman–Crippen LogP) is 2.98. The van der Waals surface area contributed by atoms with Crippen LogP contribution < -0.4 is 9.47 Å². The molecule has 1 heterocycles. The highest BCUT2D eigenvalue weighted by Gasteiger charge is 2.12. The molecule has 0 saturated heterocycles. The molecule has 112 valence electrons. The zero-order valence-corrected chi connectivity index (χ0v) is 12.5. The van der Waals surface area contributed by atoms with Crippen LogP contribution in [0.15, 0.2) is 22.7 Å². The Morgan fingerprint density at radius 1 is 1.33 bits per heavy atom. The van der Waals surface area contributed by atoms with E-state index >= 15 is 0 Å². The minimum Gasteiger partial charge on any atom is -0.493 e. The maximum atomic E-state index is 11.3. The van der Waals surface area contributed by atoms with E-state index in [9.17, 15) is 4.79 Å². The van der Waals surface area contributed by atoms with Gasteiger partial charge in [0.2, 0.25) is 0 Å². The van der Waals surface area contributed by atoms with Gasteiger partial charge in [-0.05, 0) is 25.1 Å². The maximum absolute atomic E-state index is 11.3. The molecule has 0 radical (unpaired) electrons. The minimum atomic E-state index is -0.0293. The second kappa shape index (κ2) is 6.39. The maximum Gasteiger partial charge on any atom is 0.264 e. The third kappa shape index (κ3) is 3.59. The fraction of sp³-hybridized carbons (Fsp3) is 0.400. The molecule has 0 amide bonds. The molecule has 0 fully saturated rings. The van der Waals surface area contributed by atoms with Gasteiger partial charge in [-0.1, -0.05) is 19.0 Å². The molecular weight excluding hydrogens is 272 g/mol. The number of aromatic nitrogens is 2. The Morgan fingerprint density at radius 2 is 2.10 bits per heavy atom. The highest BCUT2D eigenvalue weighted by molar-refractivity contribution is 5.94. The summed E-state index contributed by atoms with van der Waals surface area (Å²) in [4.78, 5) is 15.6. The molecule has 6 nitrogen and oxygen atoms in total. The van der Waals surface area contributed by atoms with Crippen LogP contribution in [0.3, 0.4) is 0 Å². The molecule has 1 aromatic heterocycles. The molecule has 0 aliphatic carbocycles. The average Bonchev–Trinajstić information content (AvgIpc) is 2.93. The third-order valence-corrected chi connectivity index (χ3v) is 2.92. The summed E-state index contributed by atoms with van der Waals surface area (Å²) in [7, 11) is 1.52. The second-order valence-corrected chi connectivity index (χ2v) is 4.91. The van der Waals surface area contributed by atoms with E-state index in [0.29, 0.717) is 28.8 Å². The van der Waals surface area contributed by atoms with Gasteiger partial charge in [0.1, 0.15) is 0 Å². The Kier molecular flexibility index (Phi) is 4.57. The fourth-order valence-electron chi connectivity index (χ4n) is 1.71. The van der Waals surface area contributed by atoms with Crippen molar-refractivity contribution in [1.82, 2.24) is 10.1 Å². The van der Waals surface area contributed by atoms with Crippen LogP contribution in [0.4, 0.5) is 0 Å². The van der Waals surface area contributed by atoms with E-state index in [1.807, 2.05) is 13.8 Å². The SMILES string of the molecule is COc1cc(C(C)=O)ccc1OCc1nc(C(C)C)no1. The van der Waals surface area contributed by atoms with Gasteiger partial charge in [-0.25, -0.2) is 0 Å². The molecule has 6 heteroatoms. The Hall–Kier alpha value is -2.37. The van der Waals surface area contributed by atoms with Crippen molar-refractivity contribution in [3.8, 4) is 11.5 Å². The van der Waals surface area contributed by atoms with Crippen LogP contribution in [0.25, 0.3) is 0 Å². The highest BCUT2D eigenvalue weighted by Crippen LogP contribution is 2.29. The minimum absolute atomic E-state index is 0.0293. The summed E-state index contributed by atoms with van der Waals surface area (Å²) in [5, 5.41) is 3.87. The summed E-state index contributed by atoms with van der Waals surface area (Å²) >= 11 is 0. The van der Waals surface area contributed by atoms with Gasteiger partial charge in [-0.2, -0.15) is 4.98 Å². The van der Waals surface area contributed by atoms with Gasteiger partial charge in [-0.3, -0.25) is 4.79 Å². The van der Waals surface area contributed by atoms with E-state index in [-0.39, 0.29) is 18.3 Å². The number of carbonyl (C=O) groups is 1. The van der Waals surface area contributed by atoms with Crippen LogP contribution in [0.1, 0.15) is 48.8 Å². The highest BCUT2D eigenvalue weighted by atomic mass is 16.5. The number of methoxy groups -OCH3 is 1. The zero-order chi connectivity index (χ0) is 15.4. The third-order valence-electron chi connectivity index (χ3n) is 2.92. The molecule has 0 saturated carbocycles. The number of Topliss-reactive ketones (excluding diaryl/α,β-unsaturated/α-hetero) is 1. The molecule has 1 aromatic carbocycles. The van der Waals surface area contributed by atoms with Crippen LogP contribution in [0.2, 0.25) is 0 Å². The van der Waals surface area contributed by atoms with Crippen molar-refractivity contribution < 1.29 is 18.8 Å². The van der Waals surface area contributed by atoms with E-state index in [4.69, 9.17) is 14.0 Å². The van der Waals surface area contributed by atoms with Gasteiger partial charge in [-0.15, -0.1) is 0 Å². The standard InChI is InChI=1S/C15H18N2O4/c1-9(2)15-16-14(21-17-15)8-20-12-6-5-11(10(3)18)7-13(12)19-4/h5-7,9H,8H2,1-4H3.